The van der Waals surface area contributed by atoms with Crippen LogP contribution in [0.1, 0.15) is 47.7 Å². The first-order valence-corrected chi connectivity index (χ1v) is 10.7. The van der Waals surface area contributed by atoms with Crippen molar-refractivity contribution in [3.05, 3.63) is 59.2 Å². The number of anilines is 1. The van der Waals surface area contributed by atoms with Crippen LogP contribution in [0.3, 0.4) is 0 Å². The lowest BCUT2D eigenvalue weighted by molar-refractivity contribution is 0.0953. The van der Waals surface area contributed by atoms with Crippen molar-refractivity contribution in [3.63, 3.8) is 0 Å². The Labute approximate surface area is 162 Å². The Hall–Kier alpha value is -2.34. The number of hydrogen-bond acceptors (Lipinski definition) is 3. The van der Waals surface area contributed by atoms with Gasteiger partial charge in [0.2, 0.25) is 0 Å². The van der Waals surface area contributed by atoms with Crippen molar-refractivity contribution in [1.82, 2.24) is 5.32 Å². The van der Waals surface area contributed by atoms with E-state index in [2.05, 4.69) is 12.2 Å². The number of aryl methyl sites for hydroxylation is 2. The van der Waals surface area contributed by atoms with Crippen molar-refractivity contribution in [2.45, 2.75) is 44.9 Å². The fourth-order valence-corrected chi connectivity index (χ4v) is 4.09. The Kier molecular flexibility index (Phi) is 7.02. The second kappa shape index (κ2) is 9.04. The van der Waals surface area contributed by atoms with Crippen molar-refractivity contribution in [3.8, 4) is 0 Å². The quantitative estimate of drug-likeness (QED) is 0.694. The molecule has 0 saturated heterocycles. The molecule has 0 aliphatic carbocycles. The van der Waals surface area contributed by atoms with Crippen LogP contribution in [0.15, 0.2) is 47.4 Å². The summed E-state index contributed by atoms with van der Waals surface area (Å²) in [4.78, 5) is 12.5. The molecular formula is C21H28N2O3S. The molecule has 0 saturated carbocycles. The number of sulfonamides is 1. The third-order valence-corrected chi connectivity index (χ3v) is 6.33. The Morgan fingerprint density at radius 1 is 1.04 bits per heavy atom. The molecule has 6 heteroatoms. The zero-order valence-electron chi connectivity index (χ0n) is 16.5. The predicted molar refractivity (Wildman–Crippen MR) is 110 cm³/mol. The summed E-state index contributed by atoms with van der Waals surface area (Å²) in [6.07, 6.45) is 3.14. The summed E-state index contributed by atoms with van der Waals surface area (Å²) >= 11 is 0. The minimum atomic E-state index is -3.65. The molecule has 1 N–H and O–H groups in total. The van der Waals surface area contributed by atoms with Gasteiger partial charge in [0.05, 0.1) is 10.6 Å². The standard InChI is InChI=1S/C21H28N2O3S/c1-5-6-7-14-22-21(24)18-10-13-20(17(3)15-18)23(4)27(25,26)19-11-8-16(2)9-12-19/h8-13,15H,5-7,14H2,1-4H3,(H,22,24). The van der Waals surface area contributed by atoms with Gasteiger partial charge in [-0.3, -0.25) is 9.10 Å². The molecule has 0 aliphatic rings. The highest BCUT2D eigenvalue weighted by atomic mass is 32.2. The summed E-state index contributed by atoms with van der Waals surface area (Å²) in [6, 6.07) is 11.8. The molecule has 1 amide bonds. The van der Waals surface area contributed by atoms with Crippen LogP contribution in [-0.2, 0) is 10.0 Å². The van der Waals surface area contributed by atoms with Gasteiger partial charge in [-0.2, -0.15) is 0 Å². The van der Waals surface area contributed by atoms with Crippen LogP contribution < -0.4 is 9.62 Å². The molecule has 27 heavy (non-hydrogen) atoms. The maximum atomic E-state index is 12.9. The molecule has 0 radical (unpaired) electrons. The average Bonchev–Trinajstić information content (AvgIpc) is 2.64. The van der Waals surface area contributed by atoms with Gasteiger partial charge in [0, 0.05) is 19.2 Å². The van der Waals surface area contributed by atoms with Gasteiger partial charge in [-0.25, -0.2) is 8.42 Å². The van der Waals surface area contributed by atoms with E-state index in [1.807, 2.05) is 13.8 Å². The first-order chi connectivity index (χ1) is 12.8. The third-order valence-electron chi connectivity index (χ3n) is 4.54. The van der Waals surface area contributed by atoms with Crippen LogP contribution in [0, 0.1) is 13.8 Å². The van der Waals surface area contributed by atoms with E-state index in [4.69, 9.17) is 0 Å². The second-order valence-corrected chi connectivity index (χ2v) is 8.72. The lowest BCUT2D eigenvalue weighted by Gasteiger charge is -2.22. The van der Waals surface area contributed by atoms with Crippen LogP contribution in [-0.4, -0.2) is 27.9 Å². The largest absolute Gasteiger partial charge is 0.352 e. The van der Waals surface area contributed by atoms with Gasteiger partial charge in [0.1, 0.15) is 0 Å². The number of carbonyl (C=O) groups is 1. The normalized spacial score (nSPS) is 11.3. The zero-order chi connectivity index (χ0) is 20.0. The van der Waals surface area contributed by atoms with E-state index in [0.29, 0.717) is 17.8 Å². The van der Waals surface area contributed by atoms with Crippen molar-refractivity contribution >= 4 is 21.6 Å². The Bertz CT molecular complexity index is 890. The molecule has 5 nitrogen and oxygen atoms in total. The van der Waals surface area contributed by atoms with Gasteiger partial charge >= 0.3 is 0 Å². The Morgan fingerprint density at radius 3 is 2.30 bits per heavy atom. The van der Waals surface area contributed by atoms with Crippen molar-refractivity contribution in [2.24, 2.45) is 0 Å². The summed E-state index contributed by atoms with van der Waals surface area (Å²) in [5, 5.41) is 2.90. The molecule has 0 heterocycles. The van der Waals surface area contributed by atoms with Crippen LogP contribution >= 0.6 is 0 Å². The lowest BCUT2D eigenvalue weighted by atomic mass is 10.1. The van der Waals surface area contributed by atoms with E-state index >= 15 is 0 Å². The maximum Gasteiger partial charge on any atom is 0.264 e. The fraction of sp³-hybridized carbons (Fsp3) is 0.381. The minimum Gasteiger partial charge on any atom is -0.352 e. The monoisotopic (exact) mass is 388 g/mol. The van der Waals surface area contributed by atoms with E-state index in [1.54, 1.807) is 42.5 Å². The Morgan fingerprint density at radius 2 is 1.70 bits per heavy atom. The lowest BCUT2D eigenvalue weighted by Crippen LogP contribution is -2.28. The van der Waals surface area contributed by atoms with Gasteiger partial charge in [0.25, 0.3) is 15.9 Å². The molecule has 0 bridgehead atoms. The molecule has 0 fully saturated rings. The number of amides is 1. The fourth-order valence-electron chi connectivity index (χ4n) is 2.83. The molecule has 146 valence electrons. The second-order valence-electron chi connectivity index (χ2n) is 6.75. The van der Waals surface area contributed by atoms with Gasteiger partial charge in [0.15, 0.2) is 0 Å². The van der Waals surface area contributed by atoms with Crippen LogP contribution in [0.5, 0.6) is 0 Å². The SMILES string of the molecule is CCCCCNC(=O)c1ccc(N(C)S(=O)(=O)c2ccc(C)cc2)c(C)c1. The number of benzene rings is 2. The molecule has 2 aromatic carbocycles. The Balaban J connectivity index is 2.19. The summed E-state index contributed by atoms with van der Waals surface area (Å²) in [5.74, 6) is -0.134. The maximum absolute atomic E-state index is 12.9. The average molecular weight is 389 g/mol. The molecule has 2 aromatic rings. The summed E-state index contributed by atoms with van der Waals surface area (Å²) < 4.78 is 27.0. The topological polar surface area (TPSA) is 66.5 Å². The van der Waals surface area contributed by atoms with Crippen molar-refractivity contribution in [1.29, 1.82) is 0 Å². The van der Waals surface area contributed by atoms with E-state index in [1.165, 1.54) is 11.4 Å². The van der Waals surface area contributed by atoms with E-state index in [0.717, 1.165) is 30.4 Å². The molecular weight excluding hydrogens is 360 g/mol. The first kappa shape index (κ1) is 21.0. The number of hydrogen-bond donors (Lipinski definition) is 1. The molecule has 0 spiro atoms. The highest BCUT2D eigenvalue weighted by Crippen LogP contribution is 2.26. The van der Waals surface area contributed by atoms with Gasteiger partial charge in [-0.05, 0) is 56.2 Å². The molecule has 0 unspecified atom stereocenters. The predicted octanol–water partition coefficient (Wildman–Crippen LogP) is 4.05. The van der Waals surface area contributed by atoms with Crippen LogP contribution in [0.4, 0.5) is 5.69 Å². The van der Waals surface area contributed by atoms with Crippen LogP contribution in [0.25, 0.3) is 0 Å². The third kappa shape index (κ3) is 5.10. The number of nitrogens with zero attached hydrogens (tertiary/aromatic N) is 1. The van der Waals surface area contributed by atoms with Crippen LogP contribution in [0.2, 0.25) is 0 Å². The summed E-state index contributed by atoms with van der Waals surface area (Å²) in [5.41, 5.74) is 2.82. The molecule has 0 aliphatic heterocycles. The minimum absolute atomic E-state index is 0.134. The number of rotatable bonds is 8. The van der Waals surface area contributed by atoms with E-state index in [9.17, 15) is 13.2 Å². The smallest absolute Gasteiger partial charge is 0.264 e. The molecule has 0 atom stereocenters. The number of carbonyl (C=O) groups excluding carboxylic acids is 1. The number of unbranched alkanes of at least 4 members (excludes halogenated alkanes) is 2. The number of nitrogens with one attached hydrogen (secondary N) is 1. The highest BCUT2D eigenvalue weighted by Gasteiger charge is 2.22. The molecule has 2 rings (SSSR count). The summed E-state index contributed by atoms with van der Waals surface area (Å²) in [6.45, 7) is 6.49. The zero-order valence-corrected chi connectivity index (χ0v) is 17.3. The van der Waals surface area contributed by atoms with Gasteiger partial charge in [-0.1, -0.05) is 37.5 Å². The van der Waals surface area contributed by atoms with Gasteiger partial charge in [-0.15, -0.1) is 0 Å². The summed E-state index contributed by atoms with van der Waals surface area (Å²) in [7, 11) is -2.12. The highest BCUT2D eigenvalue weighted by molar-refractivity contribution is 7.92. The first-order valence-electron chi connectivity index (χ1n) is 9.22. The van der Waals surface area contributed by atoms with Crippen molar-refractivity contribution in [2.75, 3.05) is 17.9 Å². The molecule has 0 aromatic heterocycles. The van der Waals surface area contributed by atoms with Crippen molar-refractivity contribution < 1.29 is 13.2 Å². The van der Waals surface area contributed by atoms with E-state index in [-0.39, 0.29) is 10.8 Å². The van der Waals surface area contributed by atoms with Gasteiger partial charge < -0.3 is 5.32 Å². The van der Waals surface area contributed by atoms with E-state index < -0.39 is 10.0 Å².